The van der Waals surface area contributed by atoms with Crippen LogP contribution in [0.1, 0.15) is 62.9 Å². The molecule has 0 aliphatic heterocycles. The molecule has 0 saturated heterocycles. The molecule has 2 aromatic rings. The molecule has 0 radical (unpaired) electrons. The van der Waals surface area contributed by atoms with Crippen molar-refractivity contribution in [3.05, 3.63) is 78.6 Å². The number of hydrogen-bond donors (Lipinski definition) is 0. The van der Waals surface area contributed by atoms with Gasteiger partial charge in [-0.15, -0.1) is 0 Å². The van der Waals surface area contributed by atoms with Crippen LogP contribution in [0.5, 0.6) is 0 Å². The normalized spacial score (nSPS) is 14.8. The number of benzene rings is 1. The van der Waals surface area contributed by atoms with Crippen LogP contribution in [0, 0.1) is 0 Å². The van der Waals surface area contributed by atoms with Crippen LogP contribution >= 0.6 is 0 Å². The molecule has 0 fully saturated rings. The number of aromatic nitrogens is 1. The number of ketones is 1. The maximum Gasteiger partial charge on any atom is 0.330 e. The second kappa shape index (κ2) is 11.0. The monoisotopic (exact) mass is 424 g/mol. The number of esters is 1. The third kappa shape index (κ3) is 6.86. The van der Waals surface area contributed by atoms with Gasteiger partial charge in [0.25, 0.3) is 0 Å². The van der Waals surface area contributed by atoms with Gasteiger partial charge in [0.05, 0.1) is 6.61 Å². The van der Waals surface area contributed by atoms with Crippen LogP contribution in [0.25, 0.3) is 0 Å². The van der Waals surface area contributed by atoms with Crippen molar-refractivity contribution in [3.8, 4) is 0 Å². The number of hydrogen-bond acceptors (Lipinski definition) is 4. The van der Waals surface area contributed by atoms with Gasteiger partial charge in [-0.2, -0.15) is 0 Å². The highest BCUT2D eigenvalue weighted by Crippen LogP contribution is 2.25. The average molecular weight is 425 g/mol. The predicted molar refractivity (Wildman–Crippen MR) is 121 cm³/mol. The highest BCUT2D eigenvalue weighted by Gasteiger charge is 2.35. The van der Waals surface area contributed by atoms with Crippen molar-refractivity contribution in [1.82, 2.24) is 0 Å². The van der Waals surface area contributed by atoms with Gasteiger partial charge in [0.15, 0.2) is 24.7 Å². The predicted octanol–water partition coefficient (Wildman–Crippen LogP) is 4.68. The van der Waals surface area contributed by atoms with Gasteiger partial charge in [-0.3, -0.25) is 4.79 Å². The van der Waals surface area contributed by atoms with Crippen molar-refractivity contribution < 1.29 is 23.6 Å². The summed E-state index contributed by atoms with van der Waals surface area (Å²) in [6.45, 7) is 12.1. The second-order valence-electron chi connectivity index (χ2n) is 8.19. The Balaban J connectivity index is 2.02. The fourth-order valence-electron chi connectivity index (χ4n) is 3.22. The summed E-state index contributed by atoms with van der Waals surface area (Å²) in [5, 5.41) is 0. The third-order valence-electron chi connectivity index (χ3n) is 5.83. The Kier molecular flexibility index (Phi) is 8.69. The zero-order valence-electron chi connectivity index (χ0n) is 19.1. The molecule has 0 aliphatic rings. The molecule has 1 aromatic heterocycles. The summed E-state index contributed by atoms with van der Waals surface area (Å²) >= 11 is 0. The Hall–Kier alpha value is -2.79. The molecule has 1 heterocycles. The van der Waals surface area contributed by atoms with Gasteiger partial charge >= 0.3 is 5.97 Å². The standard InChI is InChI=1S/C26H34NO4/c1-6-23(28)31-25(4,7-2)16-19-30-26(5,8-3)24(29)22-14-17-27(18-15-22)20-21-12-10-9-11-13-21/h6,9-15,17-18H,1,7-8,16,19-20H2,2-5H3/q+1/t25?,26-/m1/s1. The zero-order chi connectivity index (χ0) is 22.9. The third-order valence-corrected chi connectivity index (χ3v) is 5.83. The highest BCUT2D eigenvalue weighted by molar-refractivity contribution is 6.02. The van der Waals surface area contributed by atoms with Gasteiger partial charge in [0, 0.05) is 35.8 Å². The summed E-state index contributed by atoms with van der Waals surface area (Å²) in [4.78, 5) is 24.8. The number of carbonyl (C=O) groups excluding carboxylic acids is 2. The van der Waals surface area contributed by atoms with Crippen LogP contribution in [0.2, 0.25) is 0 Å². The Morgan fingerprint density at radius 2 is 1.68 bits per heavy atom. The summed E-state index contributed by atoms with van der Waals surface area (Å²) in [6, 6.07) is 13.8. The highest BCUT2D eigenvalue weighted by atomic mass is 16.6. The van der Waals surface area contributed by atoms with Gasteiger partial charge in [0.2, 0.25) is 0 Å². The Bertz CT molecular complexity index is 878. The van der Waals surface area contributed by atoms with E-state index >= 15 is 0 Å². The van der Waals surface area contributed by atoms with E-state index in [0.717, 1.165) is 12.6 Å². The van der Waals surface area contributed by atoms with Crippen molar-refractivity contribution in [3.63, 3.8) is 0 Å². The van der Waals surface area contributed by atoms with Crippen molar-refractivity contribution in [2.24, 2.45) is 0 Å². The Morgan fingerprint density at radius 3 is 2.23 bits per heavy atom. The fourth-order valence-corrected chi connectivity index (χ4v) is 3.22. The summed E-state index contributed by atoms with van der Waals surface area (Å²) in [5.74, 6) is -0.505. The lowest BCUT2D eigenvalue weighted by Crippen LogP contribution is -2.41. The van der Waals surface area contributed by atoms with Crippen LogP contribution in [0.4, 0.5) is 0 Å². The van der Waals surface area contributed by atoms with Crippen molar-refractivity contribution in [1.29, 1.82) is 0 Å². The molecular weight excluding hydrogens is 390 g/mol. The first-order valence-electron chi connectivity index (χ1n) is 10.8. The lowest BCUT2D eigenvalue weighted by Gasteiger charge is -2.31. The number of pyridine rings is 1. The van der Waals surface area contributed by atoms with E-state index in [9.17, 15) is 9.59 Å². The van der Waals surface area contributed by atoms with Crippen LogP contribution in [0.3, 0.4) is 0 Å². The minimum absolute atomic E-state index is 0.0526. The molecule has 2 atom stereocenters. The number of carbonyl (C=O) groups is 2. The van der Waals surface area contributed by atoms with E-state index in [4.69, 9.17) is 9.47 Å². The SMILES string of the molecule is C=CC(=O)OC(C)(CC)CCO[C@](C)(CC)C(=O)c1cc[n+](Cc2ccccc2)cc1. The Labute approximate surface area is 185 Å². The van der Waals surface area contributed by atoms with E-state index in [2.05, 4.69) is 18.7 Å². The molecule has 166 valence electrons. The van der Waals surface area contributed by atoms with E-state index in [1.165, 1.54) is 5.56 Å². The molecule has 0 spiro atoms. The van der Waals surface area contributed by atoms with Gasteiger partial charge in [-0.25, -0.2) is 9.36 Å². The number of nitrogens with zero attached hydrogens (tertiary/aromatic N) is 1. The largest absolute Gasteiger partial charge is 0.456 e. The first-order valence-corrected chi connectivity index (χ1v) is 10.8. The molecule has 5 heteroatoms. The topological polar surface area (TPSA) is 56.5 Å². The number of Topliss-reactive ketones (excluding diaryl/α,β-unsaturated/α-hetero) is 1. The van der Waals surface area contributed by atoms with Crippen molar-refractivity contribution in [2.75, 3.05) is 6.61 Å². The molecule has 0 saturated carbocycles. The fraction of sp³-hybridized carbons (Fsp3) is 0.423. The minimum Gasteiger partial charge on any atom is -0.456 e. The van der Waals surface area contributed by atoms with Crippen LogP contribution in [0.15, 0.2) is 67.5 Å². The second-order valence-corrected chi connectivity index (χ2v) is 8.19. The quantitative estimate of drug-likeness (QED) is 0.215. The minimum atomic E-state index is -0.942. The van der Waals surface area contributed by atoms with Crippen LogP contribution in [-0.4, -0.2) is 29.6 Å². The first kappa shape index (κ1) is 24.5. The molecule has 1 aromatic carbocycles. The number of ether oxygens (including phenoxy) is 2. The average Bonchev–Trinajstić information content (AvgIpc) is 2.79. The smallest absolute Gasteiger partial charge is 0.330 e. The molecule has 0 amide bonds. The Morgan fingerprint density at radius 1 is 1.03 bits per heavy atom. The van der Waals surface area contributed by atoms with Gasteiger partial charge < -0.3 is 9.47 Å². The summed E-state index contributed by atoms with van der Waals surface area (Å²) in [6.07, 6.45) is 6.68. The van der Waals surface area contributed by atoms with Crippen LogP contribution < -0.4 is 4.57 Å². The van der Waals surface area contributed by atoms with Gasteiger partial charge in [-0.1, -0.05) is 50.8 Å². The van der Waals surface area contributed by atoms with Gasteiger partial charge in [0.1, 0.15) is 11.2 Å². The van der Waals surface area contributed by atoms with E-state index < -0.39 is 17.2 Å². The van der Waals surface area contributed by atoms with E-state index in [1.807, 2.05) is 75.0 Å². The summed E-state index contributed by atoms with van der Waals surface area (Å²) in [5.41, 5.74) is 0.218. The molecule has 0 N–H and O–H groups in total. The zero-order valence-corrected chi connectivity index (χ0v) is 19.1. The summed E-state index contributed by atoms with van der Waals surface area (Å²) in [7, 11) is 0. The maximum atomic E-state index is 13.2. The number of rotatable bonds is 12. The van der Waals surface area contributed by atoms with Gasteiger partial charge in [-0.05, 0) is 26.7 Å². The lowest BCUT2D eigenvalue weighted by molar-refractivity contribution is -0.688. The van der Waals surface area contributed by atoms with E-state index in [0.29, 0.717) is 31.4 Å². The molecule has 1 unspecified atom stereocenters. The molecular formula is C26H34NO4+. The van der Waals surface area contributed by atoms with Crippen molar-refractivity contribution in [2.45, 2.75) is 64.7 Å². The maximum absolute atomic E-state index is 13.2. The molecule has 0 aliphatic carbocycles. The molecule has 5 nitrogen and oxygen atoms in total. The molecule has 0 bridgehead atoms. The molecule has 2 rings (SSSR count). The lowest BCUT2D eigenvalue weighted by atomic mass is 9.92. The molecule has 31 heavy (non-hydrogen) atoms. The van der Waals surface area contributed by atoms with E-state index in [1.54, 1.807) is 0 Å². The van der Waals surface area contributed by atoms with Crippen molar-refractivity contribution >= 4 is 11.8 Å². The first-order chi connectivity index (χ1) is 14.7. The van der Waals surface area contributed by atoms with E-state index in [-0.39, 0.29) is 5.78 Å². The van der Waals surface area contributed by atoms with Crippen LogP contribution in [-0.2, 0) is 20.8 Å². The summed E-state index contributed by atoms with van der Waals surface area (Å²) < 4.78 is 13.6.